The van der Waals surface area contributed by atoms with Gasteiger partial charge in [0.15, 0.2) is 0 Å². The fourth-order valence-corrected chi connectivity index (χ4v) is 7.35. The Hall–Kier alpha value is -3.96. The molecule has 1 aromatic heterocycles. The molecule has 1 aliphatic carbocycles. The van der Waals surface area contributed by atoms with Gasteiger partial charge >= 0.3 is 0 Å². The molecule has 9 nitrogen and oxygen atoms in total. The molecule has 0 atom stereocenters. The van der Waals surface area contributed by atoms with Gasteiger partial charge in [0.1, 0.15) is 16.6 Å². The summed E-state index contributed by atoms with van der Waals surface area (Å²) >= 11 is 6.77. The Morgan fingerprint density at radius 1 is 0.976 bits per heavy atom. The molecule has 210 valence electrons. The molecule has 3 amide bonds. The van der Waals surface area contributed by atoms with E-state index in [9.17, 15) is 19.2 Å². The Morgan fingerprint density at radius 2 is 1.66 bits per heavy atom. The molecule has 2 aromatic carbocycles. The van der Waals surface area contributed by atoms with Crippen molar-refractivity contribution in [3.63, 3.8) is 0 Å². The lowest BCUT2D eigenvalue weighted by Gasteiger charge is -2.29. The largest absolute Gasteiger partial charge is 0.318 e. The standard InChI is InChI=1S/C30H29N5O4S2/c1-18-25(28(38)35(32(18)2)20-13-7-4-8-14-20)31-23(36)17-33-22-16-10-9-15-21(22)24(27(33)37)26-29(39)34(30(40)41-26)19-11-5-3-6-12-19/h4,7-10,13-16,19H,3,5-6,11-12,17H2,1-2H3,(H,31,36)/b26-24-. The number of nitrogens with one attached hydrogen (secondary N) is 1. The average Bonchev–Trinajstić information content (AvgIpc) is 3.50. The number of carbonyl (C=O) groups is 3. The summed E-state index contributed by atoms with van der Waals surface area (Å²) in [5.74, 6) is -1.19. The summed E-state index contributed by atoms with van der Waals surface area (Å²) in [5, 5.41) is 2.73. The zero-order valence-electron chi connectivity index (χ0n) is 22.8. The van der Waals surface area contributed by atoms with Crippen LogP contribution in [-0.4, -0.2) is 48.9 Å². The van der Waals surface area contributed by atoms with E-state index in [0.717, 1.165) is 43.9 Å². The highest BCUT2D eigenvalue weighted by atomic mass is 32.2. The molecule has 2 fully saturated rings. The number of nitrogens with zero attached hydrogens (tertiary/aromatic N) is 4. The van der Waals surface area contributed by atoms with Gasteiger partial charge in [-0.3, -0.25) is 33.7 Å². The van der Waals surface area contributed by atoms with Crippen LogP contribution in [0.4, 0.5) is 11.4 Å². The van der Waals surface area contributed by atoms with Crippen LogP contribution >= 0.6 is 24.0 Å². The van der Waals surface area contributed by atoms with Crippen molar-refractivity contribution in [1.29, 1.82) is 0 Å². The molecule has 1 saturated heterocycles. The van der Waals surface area contributed by atoms with Crippen LogP contribution in [0, 0.1) is 6.92 Å². The Balaban J connectivity index is 1.29. The number of hydrogen-bond acceptors (Lipinski definition) is 6. The van der Waals surface area contributed by atoms with Gasteiger partial charge in [-0.15, -0.1) is 0 Å². The van der Waals surface area contributed by atoms with Gasteiger partial charge in [-0.05, 0) is 38.0 Å². The van der Waals surface area contributed by atoms with E-state index in [-0.39, 0.29) is 35.3 Å². The molecular weight excluding hydrogens is 558 g/mol. The number of amides is 3. The maximum Gasteiger partial charge on any atom is 0.295 e. The number of carbonyl (C=O) groups excluding carboxylic acids is 3. The maximum absolute atomic E-state index is 13.8. The molecule has 1 saturated carbocycles. The lowest BCUT2D eigenvalue weighted by molar-refractivity contribution is -0.124. The SMILES string of the molecule is Cc1c(NC(=O)CN2C(=O)/C(=C3\SC(=S)N(C4CCCCC4)C3=O)c3ccccc32)c(=O)n(-c2ccccc2)n1C. The summed E-state index contributed by atoms with van der Waals surface area (Å²) in [4.78, 5) is 57.4. The van der Waals surface area contributed by atoms with Gasteiger partial charge in [0, 0.05) is 18.7 Å². The highest BCUT2D eigenvalue weighted by Gasteiger charge is 2.44. The molecule has 0 radical (unpaired) electrons. The molecule has 0 spiro atoms. The van der Waals surface area contributed by atoms with Crippen molar-refractivity contribution >= 4 is 63.0 Å². The third-order valence-corrected chi connectivity index (χ3v) is 9.41. The van der Waals surface area contributed by atoms with Crippen molar-refractivity contribution in [3.05, 3.63) is 81.1 Å². The number of benzene rings is 2. The van der Waals surface area contributed by atoms with Crippen LogP contribution in [0.2, 0.25) is 0 Å². The molecule has 11 heteroatoms. The molecule has 3 aromatic rings. The number of anilines is 2. The second-order valence-electron chi connectivity index (χ2n) is 10.4. The highest BCUT2D eigenvalue weighted by Crippen LogP contribution is 2.45. The first-order chi connectivity index (χ1) is 19.8. The zero-order chi connectivity index (χ0) is 28.8. The van der Waals surface area contributed by atoms with E-state index in [1.165, 1.54) is 9.58 Å². The summed E-state index contributed by atoms with van der Waals surface area (Å²) in [6.07, 6.45) is 5.05. The van der Waals surface area contributed by atoms with Crippen molar-refractivity contribution in [3.8, 4) is 5.69 Å². The van der Waals surface area contributed by atoms with Crippen LogP contribution in [0.3, 0.4) is 0 Å². The van der Waals surface area contributed by atoms with Crippen LogP contribution in [0.5, 0.6) is 0 Å². The smallest absolute Gasteiger partial charge is 0.295 e. The van der Waals surface area contributed by atoms with Gasteiger partial charge in [0.25, 0.3) is 17.4 Å². The molecule has 6 rings (SSSR count). The minimum atomic E-state index is -0.518. The van der Waals surface area contributed by atoms with Crippen LogP contribution < -0.4 is 15.8 Å². The van der Waals surface area contributed by atoms with Gasteiger partial charge in [-0.2, -0.15) is 0 Å². The number of fused-ring (bicyclic) bond motifs is 1. The number of thiocarbonyl (C=S) groups is 1. The van der Waals surface area contributed by atoms with Gasteiger partial charge in [-0.1, -0.05) is 79.6 Å². The molecule has 2 aliphatic heterocycles. The Kier molecular flexibility index (Phi) is 7.16. The first-order valence-corrected chi connectivity index (χ1v) is 14.8. The van der Waals surface area contributed by atoms with Gasteiger partial charge < -0.3 is 5.32 Å². The Bertz CT molecular complexity index is 1680. The first-order valence-electron chi connectivity index (χ1n) is 13.6. The van der Waals surface area contributed by atoms with E-state index in [0.29, 0.717) is 31.9 Å². The predicted octanol–water partition coefficient (Wildman–Crippen LogP) is 4.37. The topological polar surface area (TPSA) is 96.7 Å². The van der Waals surface area contributed by atoms with E-state index in [1.807, 2.05) is 30.3 Å². The summed E-state index contributed by atoms with van der Waals surface area (Å²) in [5.41, 5.74) is 2.43. The maximum atomic E-state index is 13.8. The number of para-hydroxylation sites is 2. The number of aromatic nitrogens is 2. The highest BCUT2D eigenvalue weighted by molar-refractivity contribution is 8.26. The molecule has 0 unspecified atom stereocenters. The van der Waals surface area contributed by atoms with Gasteiger partial charge in [0.2, 0.25) is 5.91 Å². The van der Waals surface area contributed by atoms with E-state index >= 15 is 0 Å². The number of thioether (sulfide) groups is 1. The zero-order valence-corrected chi connectivity index (χ0v) is 24.4. The lowest BCUT2D eigenvalue weighted by atomic mass is 9.94. The first kappa shape index (κ1) is 27.2. The predicted molar refractivity (Wildman–Crippen MR) is 164 cm³/mol. The van der Waals surface area contributed by atoms with E-state index < -0.39 is 11.8 Å². The summed E-state index contributed by atoms with van der Waals surface area (Å²) in [6, 6.07) is 16.3. The van der Waals surface area contributed by atoms with Gasteiger partial charge in [-0.25, -0.2) is 4.68 Å². The Morgan fingerprint density at radius 3 is 2.39 bits per heavy atom. The second kappa shape index (κ2) is 10.8. The van der Waals surface area contributed by atoms with Crippen molar-refractivity contribution in [1.82, 2.24) is 14.3 Å². The molecular formula is C30H29N5O4S2. The molecule has 1 N–H and O–H groups in total. The van der Waals surface area contributed by atoms with E-state index in [1.54, 1.807) is 47.8 Å². The lowest BCUT2D eigenvalue weighted by Crippen LogP contribution is -2.40. The second-order valence-corrected chi connectivity index (χ2v) is 12.1. The van der Waals surface area contributed by atoms with E-state index in [2.05, 4.69) is 5.32 Å². The average molecular weight is 588 g/mol. The quantitative estimate of drug-likeness (QED) is 0.352. The van der Waals surface area contributed by atoms with Crippen molar-refractivity contribution in [2.75, 3.05) is 16.8 Å². The number of hydrogen-bond donors (Lipinski definition) is 1. The minimum Gasteiger partial charge on any atom is -0.318 e. The summed E-state index contributed by atoms with van der Waals surface area (Å²) in [7, 11) is 1.75. The Labute approximate surface area is 246 Å². The summed E-state index contributed by atoms with van der Waals surface area (Å²) in [6.45, 7) is 1.43. The fraction of sp³-hybridized carbons (Fsp3) is 0.300. The molecule has 3 heterocycles. The molecule has 41 heavy (non-hydrogen) atoms. The van der Waals surface area contributed by atoms with E-state index in [4.69, 9.17) is 12.2 Å². The minimum absolute atomic E-state index is 0.0528. The monoisotopic (exact) mass is 587 g/mol. The molecule has 0 bridgehead atoms. The molecule has 3 aliphatic rings. The number of rotatable bonds is 5. The van der Waals surface area contributed by atoms with Crippen LogP contribution in [0.15, 0.2) is 64.3 Å². The summed E-state index contributed by atoms with van der Waals surface area (Å²) < 4.78 is 3.63. The van der Waals surface area contributed by atoms with Crippen LogP contribution in [0.1, 0.15) is 43.4 Å². The third-order valence-electron chi connectivity index (χ3n) is 8.01. The third kappa shape index (κ3) is 4.62. The van der Waals surface area contributed by atoms with Crippen LogP contribution in [-0.2, 0) is 21.4 Å². The van der Waals surface area contributed by atoms with Gasteiger partial charge in [0.05, 0.1) is 27.5 Å². The van der Waals surface area contributed by atoms with Crippen LogP contribution in [0.25, 0.3) is 11.3 Å². The normalized spacial score (nSPS) is 19.3. The van der Waals surface area contributed by atoms with Crippen molar-refractivity contribution in [2.24, 2.45) is 7.05 Å². The van der Waals surface area contributed by atoms with Crippen molar-refractivity contribution in [2.45, 2.75) is 45.1 Å². The van der Waals surface area contributed by atoms with Crippen molar-refractivity contribution < 1.29 is 14.4 Å². The fourth-order valence-electron chi connectivity index (χ4n) is 5.88.